The zero-order valence-corrected chi connectivity index (χ0v) is 29.3. The van der Waals surface area contributed by atoms with Crippen molar-refractivity contribution in [2.45, 2.75) is 0 Å². The Hall–Kier alpha value is -7.30. The fraction of sp³-hybridized carbons (Fsp3) is 0. The van der Waals surface area contributed by atoms with Crippen LogP contribution in [0.25, 0.3) is 99.7 Å². The topological polar surface area (TPSA) is 35.6 Å². The summed E-state index contributed by atoms with van der Waals surface area (Å²) in [6, 6.07) is 68.9. The van der Waals surface area contributed by atoms with Crippen molar-refractivity contribution in [1.82, 2.24) is 19.1 Å². The third kappa shape index (κ3) is 4.64. The summed E-state index contributed by atoms with van der Waals surface area (Å²) in [5.41, 5.74) is 11.9. The Morgan fingerprint density at radius 2 is 0.889 bits per heavy atom. The maximum absolute atomic E-state index is 5.21. The summed E-state index contributed by atoms with van der Waals surface area (Å²) in [5.74, 6) is 0.703. The Kier molecular flexibility index (Phi) is 6.82. The highest BCUT2D eigenvalue weighted by molar-refractivity contribution is 6.26. The molecule has 252 valence electrons. The van der Waals surface area contributed by atoms with Crippen LogP contribution in [0.1, 0.15) is 0 Å². The second-order valence-electron chi connectivity index (χ2n) is 13.8. The van der Waals surface area contributed by atoms with Crippen molar-refractivity contribution in [1.29, 1.82) is 0 Å². The molecule has 0 N–H and O–H groups in total. The lowest BCUT2D eigenvalue weighted by atomic mass is 10.0. The predicted octanol–water partition coefficient (Wildman–Crippen LogP) is 12.8. The molecule has 8 aromatic carbocycles. The molecule has 0 fully saturated rings. The molecule has 4 heteroatoms. The van der Waals surface area contributed by atoms with Gasteiger partial charge < -0.3 is 9.13 Å². The van der Waals surface area contributed by atoms with Crippen molar-refractivity contribution in [2.75, 3.05) is 0 Å². The van der Waals surface area contributed by atoms with Gasteiger partial charge in [0.2, 0.25) is 0 Å². The van der Waals surface area contributed by atoms with Gasteiger partial charge in [0.05, 0.1) is 39.1 Å². The van der Waals surface area contributed by atoms with Crippen LogP contribution in [0.4, 0.5) is 0 Å². The molecule has 0 saturated heterocycles. The lowest BCUT2D eigenvalue weighted by molar-refractivity contribution is 1.17. The molecule has 4 nitrogen and oxygen atoms in total. The van der Waals surface area contributed by atoms with Crippen molar-refractivity contribution in [3.05, 3.63) is 194 Å². The first-order valence-corrected chi connectivity index (χ1v) is 18.3. The quantitative estimate of drug-likeness (QED) is 0.180. The van der Waals surface area contributed by atoms with E-state index in [1.165, 1.54) is 32.6 Å². The van der Waals surface area contributed by atoms with E-state index in [-0.39, 0.29) is 0 Å². The summed E-state index contributed by atoms with van der Waals surface area (Å²) in [6.45, 7) is 0. The van der Waals surface area contributed by atoms with Gasteiger partial charge in [-0.3, -0.25) is 0 Å². The Balaban J connectivity index is 1.20. The standard InChI is InChI=1S/C50H32N4/c1-4-16-33(17-5-1)42-32-43(34-18-6-2-7-19-34)52-50(51-42)40-29-30-46(37-23-11-10-22-36(37)40)54-45-27-15-13-25-41(45)48-47(54)31-28-39-38-24-12-14-26-44(38)53(49(39)48)35-20-8-3-9-21-35/h1-32H. The lowest BCUT2D eigenvalue weighted by Crippen LogP contribution is -1.99. The van der Waals surface area contributed by atoms with Crippen LogP contribution in [-0.4, -0.2) is 19.1 Å². The van der Waals surface area contributed by atoms with Crippen molar-refractivity contribution >= 4 is 54.4 Å². The molecule has 0 atom stereocenters. The Morgan fingerprint density at radius 3 is 1.56 bits per heavy atom. The molecule has 0 bridgehead atoms. The third-order valence-electron chi connectivity index (χ3n) is 10.7. The van der Waals surface area contributed by atoms with Gasteiger partial charge in [-0.25, -0.2) is 9.97 Å². The van der Waals surface area contributed by atoms with E-state index in [2.05, 4.69) is 191 Å². The lowest BCUT2D eigenvalue weighted by Gasteiger charge is -2.15. The number of benzene rings is 8. The van der Waals surface area contributed by atoms with E-state index < -0.39 is 0 Å². The van der Waals surface area contributed by atoms with Gasteiger partial charge >= 0.3 is 0 Å². The smallest absolute Gasteiger partial charge is 0.161 e. The Labute approximate surface area is 311 Å². The molecule has 0 aliphatic carbocycles. The first-order valence-electron chi connectivity index (χ1n) is 18.3. The van der Waals surface area contributed by atoms with E-state index in [9.17, 15) is 0 Å². The highest BCUT2D eigenvalue weighted by Crippen LogP contribution is 2.43. The number of fused-ring (bicyclic) bond motifs is 8. The number of hydrogen-bond donors (Lipinski definition) is 0. The van der Waals surface area contributed by atoms with E-state index >= 15 is 0 Å². The molecule has 0 spiro atoms. The first-order chi connectivity index (χ1) is 26.8. The number of rotatable bonds is 5. The van der Waals surface area contributed by atoms with Crippen LogP contribution in [0.15, 0.2) is 194 Å². The van der Waals surface area contributed by atoms with Crippen molar-refractivity contribution in [2.24, 2.45) is 0 Å². The zero-order valence-electron chi connectivity index (χ0n) is 29.3. The van der Waals surface area contributed by atoms with Crippen LogP contribution in [0.2, 0.25) is 0 Å². The SMILES string of the molecule is c1ccc(-c2cc(-c3ccccc3)nc(-c3ccc(-n4c5ccccc5c5c4ccc4c6ccccc6n(-c6ccccc6)c45)c4ccccc34)n2)cc1. The number of aromatic nitrogens is 4. The highest BCUT2D eigenvalue weighted by Gasteiger charge is 2.22. The van der Waals surface area contributed by atoms with Crippen LogP contribution in [0, 0.1) is 0 Å². The van der Waals surface area contributed by atoms with Gasteiger partial charge in [0, 0.05) is 49.3 Å². The summed E-state index contributed by atoms with van der Waals surface area (Å²) < 4.78 is 4.88. The number of hydrogen-bond acceptors (Lipinski definition) is 2. The van der Waals surface area contributed by atoms with E-state index in [0.29, 0.717) is 5.82 Å². The summed E-state index contributed by atoms with van der Waals surface area (Å²) in [7, 11) is 0. The molecule has 0 amide bonds. The van der Waals surface area contributed by atoms with Crippen LogP contribution in [0.3, 0.4) is 0 Å². The van der Waals surface area contributed by atoms with Gasteiger partial charge in [-0.05, 0) is 53.9 Å². The molecular formula is C50H32N4. The maximum atomic E-state index is 5.21. The highest BCUT2D eigenvalue weighted by atomic mass is 15.0. The van der Waals surface area contributed by atoms with Gasteiger partial charge in [0.25, 0.3) is 0 Å². The molecule has 11 rings (SSSR count). The van der Waals surface area contributed by atoms with Gasteiger partial charge in [0.1, 0.15) is 0 Å². The van der Waals surface area contributed by atoms with E-state index in [0.717, 1.165) is 61.3 Å². The first kappa shape index (κ1) is 30.3. The summed E-state index contributed by atoms with van der Waals surface area (Å²) in [4.78, 5) is 10.4. The molecule has 0 aliphatic heterocycles. The molecule has 0 radical (unpaired) electrons. The zero-order chi connectivity index (χ0) is 35.6. The molecule has 11 aromatic rings. The molecule has 0 aliphatic rings. The van der Waals surface area contributed by atoms with Gasteiger partial charge in [-0.1, -0.05) is 146 Å². The van der Waals surface area contributed by atoms with Gasteiger partial charge in [-0.15, -0.1) is 0 Å². The Morgan fingerprint density at radius 1 is 0.352 bits per heavy atom. The van der Waals surface area contributed by atoms with Gasteiger partial charge in [0.15, 0.2) is 5.82 Å². The minimum absolute atomic E-state index is 0.703. The van der Waals surface area contributed by atoms with Crippen LogP contribution in [-0.2, 0) is 0 Å². The molecule has 3 heterocycles. The Bertz CT molecular complexity index is 3140. The molecule has 0 saturated carbocycles. The van der Waals surface area contributed by atoms with Crippen LogP contribution in [0.5, 0.6) is 0 Å². The van der Waals surface area contributed by atoms with E-state index in [1.54, 1.807) is 0 Å². The number of nitrogens with zero attached hydrogens (tertiary/aromatic N) is 4. The molecule has 0 unspecified atom stereocenters. The number of para-hydroxylation sites is 3. The average molecular weight is 689 g/mol. The van der Waals surface area contributed by atoms with Crippen LogP contribution >= 0.6 is 0 Å². The van der Waals surface area contributed by atoms with Gasteiger partial charge in [-0.2, -0.15) is 0 Å². The average Bonchev–Trinajstić information content (AvgIpc) is 3.77. The fourth-order valence-electron chi connectivity index (χ4n) is 8.37. The predicted molar refractivity (Wildman–Crippen MR) is 225 cm³/mol. The van der Waals surface area contributed by atoms with E-state index in [4.69, 9.17) is 9.97 Å². The minimum Gasteiger partial charge on any atom is -0.309 e. The molecule has 3 aromatic heterocycles. The maximum Gasteiger partial charge on any atom is 0.161 e. The second kappa shape index (κ2) is 12.1. The van der Waals surface area contributed by atoms with Crippen molar-refractivity contribution < 1.29 is 0 Å². The summed E-state index contributed by atoms with van der Waals surface area (Å²) >= 11 is 0. The summed E-state index contributed by atoms with van der Waals surface area (Å²) in [5, 5.41) is 7.19. The second-order valence-corrected chi connectivity index (χ2v) is 13.8. The molecule has 54 heavy (non-hydrogen) atoms. The normalized spacial score (nSPS) is 11.7. The van der Waals surface area contributed by atoms with E-state index in [1.807, 2.05) is 12.1 Å². The largest absolute Gasteiger partial charge is 0.309 e. The van der Waals surface area contributed by atoms with Crippen molar-refractivity contribution in [3.8, 4) is 45.3 Å². The monoisotopic (exact) mass is 688 g/mol. The fourth-order valence-corrected chi connectivity index (χ4v) is 8.37. The third-order valence-corrected chi connectivity index (χ3v) is 10.7. The molecular weight excluding hydrogens is 657 g/mol. The minimum atomic E-state index is 0.703. The van der Waals surface area contributed by atoms with Crippen molar-refractivity contribution in [3.63, 3.8) is 0 Å². The van der Waals surface area contributed by atoms with Crippen LogP contribution < -0.4 is 0 Å². The summed E-state index contributed by atoms with van der Waals surface area (Å²) in [6.07, 6.45) is 0.